The lowest BCUT2D eigenvalue weighted by Crippen LogP contribution is -2.26. The van der Waals surface area contributed by atoms with E-state index < -0.39 is 6.10 Å². The first-order valence-corrected chi connectivity index (χ1v) is 7.91. The summed E-state index contributed by atoms with van der Waals surface area (Å²) in [6.45, 7) is 4.62. The van der Waals surface area contributed by atoms with Gasteiger partial charge in [-0.05, 0) is 49.3 Å². The van der Waals surface area contributed by atoms with Crippen molar-refractivity contribution >= 4 is 11.3 Å². The lowest BCUT2D eigenvalue weighted by Gasteiger charge is -2.19. The van der Waals surface area contributed by atoms with E-state index in [0.29, 0.717) is 6.61 Å². The zero-order valence-electron chi connectivity index (χ0n) is 12.1. The molecule has 1 N–H and O–H groups in total. The molecule has 20 heavy (non-hydrogen) atoms. The monoisotopic (exact) mass is 290 g/mol. The average Bonchev–Trinajstić information content (AvgIpc) is 2.88. The molecule has 2 atom stereocenters. The van der Waals surface area contributed by atoms with E-state index >= 15 is 0 Å². The van der Waals surface area contributed by atoms with Crippen LogP contribution in [0.4, 0.5) is 0 Å². The van der Waals surface area contributed by atoms with E-state index in [-0.39, 0.29) is 6.10 Å². The van der Waals surface area contributed by atoms with Gasteiger partial charge in [-0.1, -0.05) is 30.3 Å². The van der Waals surface area contributed by atoms with E-state index in [1.807, 2.05) is 37.3 Å². The van der Waals surface area contributed by atoms with Gasteiger partial charge in [-0.3, -0.25) is 0 Å². The first-order chi connectivity index (χ1) is 9.66. The number of hydrogen-bond acceptors (Lipinski definition) is 3. The van der Waals surface area contributed by atoms with Crippen LogP contribution in [-0.4, -0.2) is 17.3 Å². The molecular formula is C17H22O2S. The molecule has 0 radical (unpaired) electrons. The molecule has 0 aliphatic rings. The maximum Gasteiger partial charge on any atom is 0.0810 e. The Morgan fingerprint density at radius 2 is 1.95 bits per heavy atom. The van der Waals surface area contributed by atoms with Gasteiger partial charge < -0.3 is 9.84 Å². The highest BCUT2D eigenvalue weighted by atomic mass is 32.1. The molecule has 0 spiro atoms. The summed E-state index contributed by atoms with van der Waals surface area (Å²) in [6.07, 6.45) is 1.09. The van der Waals surface area contributed by atoms with E-state index in [1.54, 1.807) is 11.3 Å². The first kappa shape index (κ1) is 15.2. The minimum atomic E-state index is -0.419. The Balaban J connectivity index is 1.74. The van der Waals surface area contributed by atoms with Crippen LogP contribution >= 0.6 is 11.3 Å². The molecule has 3 heteroatoms. The molecule has 108 valence electrons. The summed E-state index contributed by atoms with van der Waals surface area (Å²) in [5.41, 5.74) is 2.48. The number of thiophene rings is 1. The minimum absolute atomic E-state index is 0.144. The Labute approximate surface area is 125 Å². The van der Waals surface area contributed by atoms with Crippen molar-refractivity contribution in [2.45, 2.75) is 45.5 Å². The van der Waals surface area contributed by atoms with Crippen molar-refractivity contribution in [1.29, 1.82) is 0 Å². The molecule has 0 aliphatic carbocycles. The van der Waals surface area contributed by atoms with Crippen LogP contribution in [0.15, 0.2) is 41.8 Å². The quantitative estimate of drug-likeness (QED) is 0.836. The summed E-state index contributed by atoms with van der Waals surface area (Å²) >= 11 is 1.76. The summed E-state index contributed by atoms with van der Waals surface area (Å²) in [4.78, 5) is 1.34. The maximum atomic E-state index is 10.2. The SMILES string of the molecule is Cc1sccc1CC[C@H](O)[C@H](C)OCc1ccccc1. The van der Waals surface area contributed by atoms with Crippen molar-refractivity contribution in [2.75, 3.05) is 0 Å². The summed E-state index contributed by atoms with van der Waals surface area (Å²) in [6, 6.07) is 12.2. The molecule has 1 heterocycles. The van der Waals surface area contributed by atoms with E-state index in [1.165, 1.54) is 10.4 Å². The molecule has 2 aromatic rings. The van der Waals surface area contributed by atoms with E-state index in [0.717, 1.165) is 18.4 Å². The molecule has 0 aliphatic heterocycles. The van der Waals surface area contributed by atoms with Gasteiger partial charge in [-0.25, -0.2) is 0 Å². The minimum Gasteiger partial charge on any atom is -0.390 e. The van der Waals surface area contributed by atoms with Crippen molar-refractivity contribution in [3.8, 4) is 0 Å². The number of aryl methyl sites for hydroxylation is 2. The zero-order valence-corrected chi connectivity index (χ0v) is 12.9. The van der Waals surface area contributed by atoms with Gasteiger partial charge in [0.25, 0.3) is 0 Å². The van der Waals surface area contributed by atoms with Crippen molar-refractivity contribution in [3.63, 3.8) is 0 Å². The largest absolute Gasteiger partial charge is 0.390 e. The number of ether oxygens (including phenoxy) is 1. The fourth-order valence-electron chi connectivity index (χ4n) is 2.12. The lowest BCUT2D eigenvalue weighted by molar-refractivity contribution is -0.0377. The molecule has 0 saturated heterocycles. The van der Waals surface area contributed by atoms with Crippen LogP contribution in [0.1, 0.15) is 29.3 Å². The van der Waals surface area contributed by atoms with Crippen LogP contribution in [-0.2, 0) is 17.8 Å². The normalized spacial score (nSPS) is 14.2. The summed E-state index contributed by atoms with van der Waals surface area (Å²) in [5.74, 6) is 0. The number of aliphatic hydroxyl groups is 1. The number of benzene rings is 1. The second-order valence-electron chi connectivity index (χ2n) is 5.11. The van der Waals surface area contributed by atoms with Crippen LogP contribution < -0.4 is 0 Å². The number of aliphatic hydroxyl groups excluding tert-OH is 1. The fourth-order valence-corrected chi connectivity index (χ4v) is 2.88. The standard InChI is InChI=1S/C17H22O2S/c1-13(19-12-15-6-4-3-5-7-15)17(18)9-8-16-10-11-20-14(16)2/h3-7,10-11,13,17-18H,8-9,12H2,1-2H3/t13-,17-/m0/s1. The molecular weight excluding hydrogens is 268 g/mol. The Hall–Kier alpha value is -1.16. The Bertz CT molecular complexity index is 507. The predicted molar refractivity (Wildman–Crippen MR) is 84.1 cm³/mol. The van der Waals surface area contributed by atoms with Gasteiger partial charge in [0.15, 0.2) is 0 Å². The van der Waals surface area contributed by atoms with Crippen molar-refractivity contribution in [1.82, 2.24) is 0 Å². The highest BCUT2D eigenvalue weighted by molar-refractivity contribution is 7.10. The Morgan fingerprint density at radius 1 is 1.20 bits per heavy atom. The van der Waals surface area contributed by atoms with Crippen LogP contribution in [0.2, 0.25) is 0 Å². The van der Waals surface area contributed by atoms with Gasteiger partial charge in [-0.2, -0.15) is 0 Å². The highest BCUT2D eigenvalue weighted by Gasteiger charge is 2.15. The molecule has 1 aromatic carbocycles. The third kappa shape index (κ3) is 4.44. The topological polar surface area (TPSA) is 29.5 Å². The zero-order chi connectivity index (χ0) is 14.4. The summed E-state index contributed by atoms with van der Waals surface area (Å²) in [5, 5.41) is 12.3. The Morgan fingerprint density at radius 3 is 2.60 bits per heavy atom. The summed E-state index contributed by atoms with van der Waals surface area (Å²) < 4.78 is 5.74. The molecule has 2 rings (SSSR count). The van der Waals surface area contributed by atoms with Crippen molar-refractivity contribution < 1.29 is 9.84 Å². The third-order valence-electron chi connectivity index (χ3n) is 3.57. The van der Waals surface area contributed by atoms with Gasteiger partial charge >= 0.3 is 0 Å². The molecule has 2 nitrogen and oxygen atoms in total. The second kappa shape index (κ2) is 7.58. The maximum absolute atomic E-state index is 10.2. The van der Waals surface area contributed by atoms with E-state index in [2.05, 4.69) is 18.4 Å². The molecule has 0 unspecified atom stereocenters. The number of hydrogen-bond donors (Lipinski definition) is 1. The average molecular weight is 290 g/mol. The van der Waals surface area contributed by atoms with Gasteiger partial charge in [0, 0.05) is 4.88 Å². The first-order valence-electron chi connectivity index (χ1n) is 7.03. The van der Waals surface area contributed by atoms with Gasteiger partial charge in [0.1, 0.15) is 0 Å². The highest BCUT2D eigenvalue weighted by Crippen LogP contribution is 2.18. The lowest BCUT2D eigenvalue weighted by atomic mass is 10.0. The van der Waals surface area contributed by atoms with Crippen LogP contribution in [0.3, 0.4) is 0 Å². The van der Waals surface area contributed by atoms with E-state index in [4.69, 9.17) is 4.74 Å². The Kier molecular flexibility index (Phi) is 5.77. The third-order valence-corrected chi connectivity index (χ3v) is 4.46. The summed E-state index contributed by atoms with van der Waals surface area (Å²) in [7, 11) is 0. The molecule has 0 fully saturated rings. The van der Waals surface area contributed by atoms with Crippen molar-refractivity contribution in [2.24, 2.45) is 0 Å². The van der Waals surface area contributed by atoms with Gasteiger partial charge in [0.05, 0.1) is 18.8 Å². The fraction of sp³-hybridized carbons (Fsp3) is 0.412. The smallest absolute Gasteiger partial charge is 0.0810 e. The van der Waals surface area contributed by atoms with Gasteiger partial charge in [-0.15, -0.1) is 11.3 Å². The molecule has 0 saturated carbocycles. The molecule has 1 aromatic heterocycles. The predicted octanol–water partition coefficient (Wildman–Crippen LogP) is 3.96. The molecule has 0 bridgehead atoms. The second-order valence-corrected chi connectivity index (χ2v) is 6.23. The van der Waals surface area contributed by atoms with Crippen LogP contribution in [0, 0.1) is 6.92 Å². The van der Waals surface area contributed by atoms with Crippen LogP contribution in [0.5, 0.6) is 0 Å². The van der Waals surface area contributed by atoms with E-state index in [9.17, 15) is 5.11 Å². The van der Waals surface area contributed by atoms with Crippen molar-refractivity contribution in [3.05, 3.63) is 57.8 Å². The number of rotatable bonds is 7. The van der Waals surface area contributed by atoms with Gasteiger partial charge in [0.2, 0.25) is 0 Å². The van der Waals surface area contributed by atoms with Crippen LogP contribution in [0.25, 0.3) is 0 Å². The molecule has 0 amide bonds.